The Labute approximate surface area is 135 Å². The molecule has 1 fully saturated rings. The molecule has 0 unspecified atom stereocenters. The molecule has 5 nitrogen and oxygen atoms in total. The molecule has 0 aromatic heterocycles. The standard InChI is InChI=1S/C16H20ClNO4/c1-10-8-18(9-11(2)22-10)16(19)12-6-13(17)15-14(7-12)20-4-3-5-21-15/h6-7,10-11H,3-5,8-9H2,1-2H3/t10-,11-/m0/s1. The third-order valence-corrected chi connectivity index (χ3v) is 4.04. The van der Waals surface area contributed by atoms with Crippen molar-refractivity contribution >= 4 is 17.5 Å². The Hall–Kier alpha value is -1.46. The van der Waals surface area contributed by atoms with Gasteiger partial charge in [0.15, 0.2) is 11.5 Å². The van der Waals surface area contributed by atoms with Crippen LogP contribution in [0, 0.1) is 0 Å². The van der Waals surface area contributed by atoms with Crippen molar-refractivity contribution in [3.8, 4) is 11.5 Å². The van der Waals surface area contributed by atoms with Gasteiger partial charge >= 0.3 is 0 Å². The van der Waals surface area contributed by atoms with Gasteiger partial charge in [0.05, 0.1) is 30.4 Å². The first-order valence-electron chi connectivity index (χ1n) is 7.58. The Balaban J connectivity index is 1.86. The summed E-state index contributed by atoms with van der Waals surface area (Å²) in [6.45, 7) is 6.23. The second-order valence-corrected chi connectivity index (χ2v) is 6.21. The van der Waals surface area contributed by atoms with E-state index in [1.807, 2.05) is 13.8 Å². The Bertz CT molecular complexity index is 568. The molecule has 0 N–H and O–H groups in total. The van der Waals surface area contributed by atoms with E-state index < -0.39 is 0 Å². The largest absolute Gasteiger partial charge is 0.489 e. The van der Waals surface area contributed by atoms with E-state index in [1.54, 1.807) is 17.0 Å². The lowest BCUT2D eigenvalue weighted by molar-refractivity contribution is -0.0586. The van der Waals surface area contributed by atoms with Crippen LogP contribution in [0.3, 0.4) is 0 Å². The third-order valence-electron chi connectivity index (χ3n) is 3.76. The molecule has 22 heavy (non-hydrogen) atoms. The summed E-state index contributed by atoms with van der Waals surface area (Å²) in [6.07, 6.45) is 0.861. The van der Waals surface area contributed by atoms with Crippen molar-refractivity contribution in [2.24, 2.45) is 0 Å². The van der Waals surface area contributed by atoms with E-state index in [9.17, 15) is 4.79 Å². The molecular formula is C16H20ClNO4. The minimum absolute atomic E-state index is 0.0311. The van der Waals surface area contributed by atoms with Crippen LogP contribution in [0.15, 0.2) is 12.1 Å². The molecule has 2 atom stereocenters. The molecule has 1 amide bonds. The molecule has 0 aliphatic carbocycles. The number of hydrogen-bond donors (Lipinski definition) is 0. The van der Waals surface area contributed by atoms with E-state index in [1.165, 1.54) is 0 Å². The van der Waals surface area contributed by atoms with E-state index in [2.05, 4.69) is 0 Å². The van der Waals surface area contributed by atoms with Gasteiger partial charge in [0.25, 0.3) is 5.91 Å². The lowest BCUT2D eigenvalue weighted by atomic mass is 10.1. The van der Waals surface area contributed by atoms with Crippen molar-refractivity contribution in [3.63, 3.8) is 0 Å². The molecule has 1 saturated heterocycles. The summed E-state index contributed by atoms with van der Waals surface area (Å²) in [4.78, 5) is 14.5. The van der Waals surface area contributed by atoms with Gasteiger partial charge in [-0.1, -0.05) is 11.6 Å². The number of fused-ring (bicyclic) bond motifs is 1. The van der Waals surface area contributed by atoms with Crippen LogP contribution in [0.5, 0.6) is 11.5 Å². The quantitative estimate of drug-likeness (QED) is 0.796. The van der Waals surface area contributed by atoms with Gasteiger partial charge in [0.2, 0.25) is 0 Å². The van der Waals surface area contributed by atoms with Crippen molar-refractivity contribution in [1.82, 2.24) is 4.90 Å². The van der Waals surface area contributed by atoms with E-state index in [-0.39, 0.29) is 18.1 Å². The monoisotopic (exact) mass is 325 g/mol. The normalized spacial score (nSPS) is 24.8. The smallest absolute Gasteiger partial charge is 0.254 e. The number of carbonyl (C=O) groups is 1. The van der Waals surface area contributed by atoms with E-state index in [0.717, 1.165) is 6.42 Å². The van der Waals surface area contributed by atoms with E-state index >= 15 is 0 Å². The van der Waals surface area contributed by atoms with Crippen LogP contribution in [0.1, 0.15) is 30.6 Å². The zero-order valence-corrected chi connectivity index (χ0v) is 13.6. The Morgan fingerprint density at radius 3 is 2.59 bits per heavy atom. The topological polar surface area (TPSA) is 48.0 Å². The van der Waals surface area contributed by atoms with Gasteiger partial charge in [-0.25, -0.2) is 0 Å². The fourth-order valence-electron chi connectivity index (χ4n) is 2.88. The van der Waals surface area contributed by atoms with Crippen LogP contribution in [-0.4, -0.2) is 49.3 Å². The average molecular weight is 326 g/mol. The van der Waals surface area contributed by atoms with E-state index in [0.29, 0.717) is 48.4 Å². The highest BCUT2D eigenvalue weighted by Gasteiger charge is 2.28. The number of hydrogen-bond acceptors (Lipinski definition) is 4. The Morgan fingerprint density at radius 2 is 1.86 bits per heavy atom. The summed E-state index contributed by atoms with van der Waals surface area (Å²) in [7, 11) is 0. The lowest BCUT2D eigenvalue weighted by Gasteiger charge is -2.35. The summed E-state index contributed by atoms with van der Waals surface area (Å²) in [6, 6.07) is 3.38. The van der Waals surface area contributed by atoms with Crippen molar-refractivity contribution in [1.29, 1.82) is 0 Å². The van der Waals surface area contributed by atoms with Crippen LogP contribution in [-0.2, 0) is 4.74 Å². The van der Waals surface area contributed by atoms with Gasteiger partial charge in [-0.15, -0.1) is 0 Å². The molecule has 0 radical (unpaired) electrons. The number of halogens is 1. The van der Waals surface area contributed by atoms with Gasteiger partial charge < -0.3 is 19.1 Å². The minimum atomic E-state index is -0.0560. The fourth-order valence-corrected chi connectivity index (χ4v) is 3.15. The Kier molecular flexibility index (Phi) is 4.45. The summed E-state index contributed by atoms with van der Waals surface area (Å²) < 4.78 is 16.9. The molecule has 0 saturated carbocycles. The molecule has 0 spiro atoms. The van der Waals surface area contributed by atoms with Gasteiger partial charge in [-0.2, -0.15) is 0 Å². The average Bonchev–Trinajstić information content (AvgIpc) is 2.71. The van der Waals surface area contributed by atoms with Gasteiger partial charge in [-0.3, -0.25) is 4.79 Å². The Morgan fingerprint density at radius 1 is 1.18 bits per heavy atom. The number of nitrogens with zero attached hydrogens (tertiary/aromatic N) is 1. The lowest BCUT2D eigenvalue weighted by Crippen LogP contribution is -2.48. The minimum Gasteiger partial charge on any atom is -0.489 e. The highest BCUT2D eigenvalue weighted by molar-refractivity contribution is 6.32. The molecule has 2 aliphatic rings. The number of amides is 1. The summed E-state index contributed by atoms with van der Waals surface area (Å²) in [5, 5.41) is 0.414. The second-order valence-electron chi connectivity index (χ2n) is 5.80. The maximum atomic E-state index is 12.7. The van der Waals surface area contributed by atoms with Crippen molar-refractivity contribution in [2.45, 2.75) is 32.5 Å². The molecule has 1 aromatic carbocycles. The molecule has 2 aliphatic heterocycles. The molecular weight excluding hydrogens is 306 g/mol. The summed E-state index contributed by atoms with van der Waals surface area (Å²) in [5.41, 5.74) is 0.524. The van der Waals surface area contributed by atoms with Crippen LogP contribution in [0.4, 0.5) is 0 Å². The maximum absolute atomic E-state index is 12.7. The molecule has 120 valence electrons. The molecule has 1 aromatic rings. The number of benzene rings is 1. The fraction of sp³-hybridized carbons (Fsp3) is 0.562. The predicted octanol–water partition coefficient (Wildman–Crippen LogP) is 2.75. The zero-order valence-electron chi connectivity index (χ0n) is 12.8. The van der Waals surface area contributed by atoms with Gasteiger partial charge in [0.1, 0.15) is 0 Å². The van der Waals surface area contributed by atoms with Crippen molar-refractivity contribution in [2.75, 3.05) is 26.3 Å². The van der Waals surface area contributed by atoms with Crippen molar-refractivity contribution < 1.29 is 19.0 Å². The third kappa shape index (κ3) is 3.15. The first-order valence-corrected chi connectivity index (χ1v) is 7.96. The molecule has 6 heteroatoms. The summed E-state index contributed by atoms with van der Waals surface area (Å²) in [5.74, 6) is 1.02. The van der Waals surface area contributed by atoms with Gasteiger partial charge in [-0.05, 0) is 26.0 Å². The van der Waals surface area contributed by atoms with Crippen molar-refractivity contribution in [3.05, 3.63) is 22.7 Å². The number of morpholine rings is 1. The van der Waals surface area contributed by atoms with Crippen LogP contribution in [0.2, 0.25) is 5.02 Å². The van der Waals surface area contributed by atoms with Crippen LogP contribution < -0.4 is 9.47 Å². The maximum Gasteiger partial charge on any atom is 0.254 e. The number of rotatable bonds is 1. The number of ether oxygens (including phenoxy) is 3. The van der Waals surface area contributed by atoms with Gasteiger partial charge in [0, 0.05) is 25.1 Å². The molecule has 3 rings (SSSR count). The molecule has 0 bridgehead atoms. The highest BCUT2D eigenvalue weighted by atomic mass is 35.5. The SMILES string of the molecule is C[C@H]1CN(C(=O)c2cc(Cl)c3c(c2)OCCCO3)C[C@H](C)O1. The zero-order chi connectivity index (χ0) is 15.7. The number of carbonyl (C=O) groups excluding carboxylic acids is 1. The van der Waals surface area contributed by atoms with E-state index in [4.69, 9.17) is 25.8 Å². The first kappa shape index (κ1) is 15.4. The second kappa shape index (κ2) is 6.34. The van der Waals surface area contributed by atoms with Crippen LogP contribution >= 0.6 is 11.6 Å². The predicted molar refractivity (Wildman–Crippen MR) is 83.0 cm³/mol. The highest BCUT2D eigenvalue weighted by Crippen LogP contribution is 2.38. The first-order chi connectivity index (χ1) is 10.5. The van der Waals surface area contributed by atoms with Crippen LogP contribution in [0.25, 0.3) is 0 Å². The molecule has 2 heterocycles. The summed E-state index contributed by atoms with van der Waals surface area (Å²) >= 11 is 6.26.